The van der Waals surface area contributed by atoms with E-state index in [2.05, 4.69) is 10.5 Å². The first kappa shape index (κ1) is 37.5. The second-order valence-corrected chi connectivity index (χ2v) is 13.2. The minimum absolute atomic E-state index is 0. The van der Waals surface area contributed by atoms with Crippen LogP contribution in [0.5, 0.6) is 17.2 Å². The Morgan fingerprint density at radius 3 is 2.44 bits per heavy atom. The smallest absolute Gasteiger partial charge is 0.271 e. The zero-order valence-electron chi connectivity index (χ0n) is 26.9. The van der Waals surface area contributed by atoms with Crippen molar-refractivity contribution in [2.75, 3.05) is 7.11 Å². The SMILES string of the molecule is COc1cccc2c1C(=O)c1c(O)c3c(c(O)c1C2=O)C[C@@](O)(/C(C)=N/NC(=O)c1ccc(Cl)c(Cl)c1)C[C@H]3O[C@H]1C[C@H](N)[C@H](O)[C@H](C)O1.Cl. The number of amides is 1. The number of rotatable bonds is 6. The number of phenols is 2. The Labute approximate surface area is 302 Å². The first-order chi connectivity index (χ1) is 23.2. The lowest BCUT2D eigenvalue weighted by Crippen LogP contribution is -2.52. The third-order valence-corrected chi connectivity index (χ3v) is 10.1. The van der Waals surface area contributed by atoms with E-state index in [0.29, 0.717) is 0 Å². The second-order valence-electron chi connectivity index (χ2n) is 12.3. The molecule has 16 heteroatoms. The van der Waals surface area contributed by atoms with Gasteiger partial charge in [-0.1, -0.05) is 35.3 Å². The molecule has 0 bridgehead atoms. The number of hydrogen-bond donors (Lipinski definition) is 6. The van der Waals surface area contributed by atoms with Crippen LogP contribution in [0.4, 0.5) is 0 Å². The molecule has 0 saturated carbocycles. The normalized spacial score (nSPS) is 25.9. The summed E-state index contributed by atoms with van der Waals surface area (Å²) in [5.41, 5.74) is 5.55. The molecule has 0 spiro atoms. The fourth-order valence-corrected chi connectivity index (χ4v) is 6.90. The van der Waals surface area contributed by atoms with Gasteiger partial charge in [0, 0.05) is 47.6 Å². The van der Waals surface area contributed by atoms with Crippen LogP contribution in [-0.4, -0.2) is 80.9 Å². The Kier molecular flexibility index (Phi) is 10.6. The summed E-state index contributed by atoms with van der Waals surface area (Å²) in [6.07, 6.45) is -4.71. The standard InChI is InChI=1S/C34H33Cl2N3O10.ClH/c1-13-28(40)20(37)10-23(48-13)49-22-12-34(46,14(2)38-39-33(45)15-7-8-18(35)19(36)9-15)11-17-25(22)32(44)27-26(30(17)42)29(41)16-5-4-6-21(47-3)24(16)31(27)43;/h4-9,13,20,22-23,28,40,42,44,46H,10-12,37H2,1-3H3,(H,39,45);1H/b38-14+;/t13-,20-,22+,23-,28+,34-;/m0./s1. The first-order valence-corrected chi connectivity index (χ1v) is 16.1. The largest absolute Gasteiger partial charge is 0.507 e. The van der Waals surface area contributed by atoms with E-state index in [9.17, 15) is 34.8 Å². The number of phenolic OH excluding ortho intramolecular Hbond substituents is 2. The van der Waals surface area contributed by atoms with Crippen LogP contribution in [0.3, 0.4) is 0 Å². The molecule has 1 fully saturated rings. The summed E-state index contributed by atoms with van der Waals surface area (Å²) in [6.45, 7) is 3.04. The maximum absolute atomic E-state index is 13.9. The Morgan fingerprint density at radius 1 is 1.08 bits per heavy atom. The highest BCUT2D eigenvalue weighted by Gasteiger charge is 2.49. The minimum Gasteiger partial charge on any atom is -0.507 e. The lowest BCUT2D eigenvalue weighted by atomic mass is 9.71. The molecule has 0 unspecified atom stereocenters. The average molecular weight is 751 g/mol. The molecule has 7 N–H and O–H groups in total. The molecule has 3 aromatic carbocycles. The van der Waals surface area contributed by atoms with Crippen LogP contribution in [0.1, 0.15) is 86.1 Å². The highest BCUT2D eigenvalue weighted by Crippen LogP contribution is 2.52. The minimum atomic E-state index is -1.94. The van der Waals surface area contributed by atoms with Gasteiger partial charge in [-0.15, -0.1) is 12.4 Å². The van der Waals surface area contributed by atoms with E-state index < -0.39 is 82.8 Å². The summed E-state index contributed by atoms with van der Waals surface area (Å²) in [4.78, 5) is 40.6. The number of aliphatic hydroxyl groups is 2. The fourth-order valence-electron chi connectivity index (χ4n) is 6.61. The van der Waals surface area contributed by atoms with E-state index in [-0.39, 0.29) is 74.6 Å². The molecule has 0 aromatic heterocycles. The van der Waals surface area contributed by atoms with Crippen molar-refractivity contribution in [3.05, 3.63) is 85.4 Å². The third-order valence-electron chi connectivity index (χ3n) is 9.32. The predicted octanol–water partition coefficient (Wildman–Crippen LogP) is 3.97. The molecule has 0 radical (unpaired) electrons. The number of ether oxygens (including phenoxy) is 3. The van der Waals surface area contributed by atoms with Crippen molar-refractivity contribution < 1.29 is 49.0 Å². The van der Waals surface area contributed by atoms with Gasteiger partial charge in [-0.2, -0.15) is 5.10 Å². The van der Waals surface area contributed by atoms with Crippen molar-refractivity contribution >= 4 is 58.8 Å². The molecule has 1 saturated heterocycles. The highest BCUT2D eigenvalue weighted by molar-refractivity contribution is 6.42. The monoisotopic (exact) mass is 749 g/mol. The zero-order valence-corrected chi connectivity index (χ0v) is 29.2. The molecule has 6 atom stereocenters. The van der Waals surface area contributed by atoms with Gasteiger partial charge in [-0.25, -0.2) is 5.43 Å². The van der Waals surface area contributed by atoms with Crippen LogP contribution in [0, 0.1) is 0 Å². The topological polar surface area (TPSA) is 210 Å². The molecule has 3 aliphatic rings. The van der Waals surface area contributed by atoms with Crippen LogP contribution < -0.4 is 15.9 Å². The molecule has 1 aliphatic heterocycles. The number of hydrazone groups is 1. The number of carbonyl (C=O) groups excluding carboxylic acids is 3. The van der Waals surface area contributed by atoms with Gasteiger partial charge in [0.2, 0.25) is 5.78 Å². The Balaban J connectivity index is 0.00000486. The van der Waals surface area contributed by atoms with Crippen molar-refractivity contribution in [1.82, 2.24) is 5.43 Å². The van der Waals surface area contributed by atoms with Crippen molar-refractivity contribution in [3.8, 4) is 17.2 Å². The molecule has 1 heterocycles. The molecule has 266 valence electrons. The highest BCUT2D eigenvalue weighted by atomic mass is 35.5. The average Bonchev–Trinajstić information content (AvgIpc) is 3.06. The third kappa shape index (κ3) is 6.33. The van der Waals surface area contributed by atoms with Gasteiger partial charge < -0.3 is 40.4 Å². The predicted molar refractivity (Wildman–Crippen MR) is 184 cm³/mol. The second kappa shape index (κ2) is 14.1. The number of ketones is 2. The van der Waals surface area contributed by atoms with Crippen LogP contribution in [-0.2, 0) is 15.9 Å². The summed E-state index contributed by atoms with van der Waals surface area (Å²) >= 11 is 12.0. The molecule has 6 rings (SSSR count). The number of aliphatic hydroxyl groups excluding tert-OH is 1. The summed E-state index contributed by atoms with van der Waals surface area (Å²) in [7, 11) is 1.33. The van der Waals surface area contributed by atoms with Gasteiger partial charge in [0.25, 0.3) is 5.91 Å². The molecular formula is C34H34Cl3N3O10. The summed E-state index contributed by atoms with van der Waals surface area (Å²) in [6, 6.07) is 7.92. The number of nitrogens with two attached hydrogens (primary N) is 1. The number of halogens is 3. The van der Waals surface area contributed by atoms with Gasteiger partial charge in [0.05, 0.1) is 57.9 Å². The summed E-state index contributed by atoms with van der Waals surface area (Å²) < 4.78 is 17.5. The van der Waals surface area contributed by atoms with Crippen molar-refractivity contribution in [2.24, 2.45) is 10.8 Å². The van der Waals surface area contributed by atoms with Crippen LogP contribution in [0.15, 0.2) is 41.5 Å². The van der Waals surface area contributed by atoms with Gasteiger partial charge >= 0.3 is 0 Å². The summed E-state index contributed by atoms with van der Waals surface area (Å²) in [5, 5.41) is 50.4. The van der Waals surface area contributed by atoms with Crippen molar-refractivity contribution in [2.45, 2.75) is 69.4 Å². The number of fused-ring (bicyclic) bond motifs is 3. The van der Waals surface area contributed by atoms with Gasteiger partial charge in [-0.05, 0) is 38.1 Å². The number of methoxy groups -OCH3 is 1. The molecule has 1 amide bonds. The first-order valence-electron chi connectivity index (χ1n) is 15.3. The Morgan fingerprint density at radius 2 is 1.78 bits per heavy atom. The van der Waals surface area contributed by atoms with Gasteiger partial charge in [0.1, 0.15) is 22.8 Å². The van der Waals surface area contributed by atoms with E-state index in [1.807, 2.05) is 0 Å². The number of carbonyl (C=O) groups is 3. The maximum atomic E-state index is 13.9. The van der Waals surface area contributed by atoms with Gasteiger partial charge in [-0.3, -0.25) is 14.4 Å². The number of nitrogens with zero attached hydrogens (tertiary/aromatic N) is 1. The van der Waals surface area contributed by atoms with Crippen LogP contribution >= 0.6 is 35.6 Å². The molecule has 13 nitrogen and oxygen atoms in total. The number of nitrogens with one attached hydrogen (secondary N) is 1. The summed E-state index contributed by atoms with van der Waals surface area (Å²) in [5.74, 6) is -3.32. The molecule has 2 aliphatic carbocycles. The number of benzene rings is 3. The van der Waals surface area contributed by atoms with Crippen LogP contribution in [0.2, 0.25) is 10.0 Å². The molecular weight excluding hydrogens is 717 g/mol. The number of hydrogen-bond acceptors (Lipinski definition) is 12. The Hall–Kier alpha value is -3.79. The van der Waals surface area contributed by atoms with E-state index in [1.54, 1.807) is 6.92 Å². The Bertz CT molecular complexity index is 1930. The van der Waals surface area contributed by atoms with Gasteiger partial charge in [0.15, 0.2) is 12.1 Å². The fraction of sp³-hybridized carbons (Fsp3) is 0.353. The van der Waals surface area contributed by atoms with E-state index in [0.717, 1.165) is 0 Å². The molecule has 3 aromatic rings. The maximum Gasteiger partial charge on any atom is 0.271 e. The van der Waals surface area contributed by atoms with Crippen LogP contribution in [0.25, 0.3) is 0 Å². The molecule has 50 heavy (non-hydrogen) atoms. The van der Waals surface area contributed by atoms with E-state index in [4.69, 9.17) is 43.1 Å². The van der Waals surface area contributed by atoms with Crippen molar-refractivity contribution in [1.29, 1.82) is 0 Å². The van der Waals surface area contributed by atoms with Crippen molar-refractivity contribution in [3.63, 3.8) is 0 Å². The number of aromatic hydroxyl groups is 2. The zero-order chi connectivity index (χ0) is 35.5. The lowest BCUT2D eigenvalue weighted by molar-refractivity contribution is -0.245. The lowest BCUT2D eigenvalue weighted by Gasteiger charge is -2.42. The van der Waals surface area contributed by atoms with E-state index >= 15 is 0 Å². The van der Waals surface area contributed by atoms with E-state index in [1.165, 1.54) is 50.4 Å². The quantitative estimate of drug-likeness (QED) is 0.0943.